The van der Waals surface area contributed by atoms with E-state index in [9.17, 15) is 0 Å². The number of likely N-dealkylation sites (N-methyl/N-ethyl adjacent to an activating group) is 1. The van der Waals surface area contributed by atoms with Gasteiger partial charge in [0.1, 0.15) is 6.10 Å². The average molecular weight is 664 g/mol. The standard InChI is InChI=1S/C42H81NO4/c1-5-7-9-11-13-15-17-19-21-23-25-27-29-31-33-35-37-44-42(46-40-41(47-42)39-43(3)4)45-38-36-34-32-30-28-26-24-22-20-18-16-14-12-10-8-6-2/h19-22,41H,5-18,23-40H2,1-4H3/b21-19-,22-20-. The molecular formula is C42H81NO4. The van der Waals surface area contributed by atoms with E-state index in [1.165, 1.54) is 167 Å². The predicted molar refractivity (Wildman–Crippen MR) is 203 cm³/mol. The fourth-order valence-electron chi connectivity index (χ4n) is 6.25. The van der Waals surface area contributed by atoms with Gasteiger partial charge in [-0.15, -0.1) is 0 Å². The van der Waals surface area contributed by atoms with E-state index < -0.39 is 6.16 Å². The molecule has 1 rings (SSSR count). The van der Waals surface area contributed by atoms with Crippen molar-refractivity contribution in [3.63, 3.8) is 0 Å². The topological polar surface area (TPSA) is 40.2 Å². The van der Waals surface area contributed by atoms with E-state index in [0.29, 0.717) is 19.8 Å². The van der Waals surface area contributed by atoms with E-state index in [2.05, 4.69) is 57.1 Å². The molecule has 0 aliphatic carbocycles. The van der Waals surface area contributed by atoms with E-state index in [4.69, 9.17) is 18.9 Å². The van der Waals surface area contributed by atoms with Gasteiger partial charge in [-0.3, -0.25) is 4.74 Å². The lowest BCUT2D eigenvalue weighted by Gasteiger charge is -2.27. The zero-order valence-electron chi connectivity index (χ0n) is 32.1. The van der Waals surface area contributed by atoms with E-state index in [1.54, 1.807) is 0 Å². The highest BCUT2D eigenvalue weighted by Crippen LogP contribution is 2.28. The average Bonchev–Trinajstić information content (AvgIpc) is 3.45. The molecular weight excluding hydrogens is 582 g/mol. The zero-order valence-corrected chi connectivity index (χ0v) is 32.1. The quantitative estimate of drug-likeness (QED) is 0.0379. The first-order chi connectivity index (χ1) is 23.1. The summed E-state index contributed by atoms with van der Waals surface area (Å²) in [7, 11) is 4.12. The van der Waals surface area contributed by atoms with Crippen LogP contribution in [0.15, 0.2) is 24.3 Å². The Labute approximate surface area is 294 Å². The highest BCUT2D eigenvalue weighted by molar-refractivity contribution is 4.82. The minimum atomic E-state index is -1.32. The van der Waals surface area contributed by atoms with Gasteiger partial charge in [-0.2, -0.15) is 0 Å². The van der Waals surface area contributed by atoms with Crippen LogP contribution >= 0.6 is 0 Å². The molecule has 1 saturated heterocycles. The van der Waals surface area contributed by atoms with Crippen LogP contribution in [0.2, 0.25) is 0 Å². The number of hydrogen-bond acceptors (Lipinski definition) is 5. The minimum absolute atomic E-state index is 0.0234. The van der Waals surface area contributed by atoms with Gasteiger partial charge in [-0.25, -0.2) is 0 Å². The molecule has 1 fully saturated rings. The van der Waals surface area contributed by atoms with Gasteiger partial charge in [0, 0.05) is 6.54 Å². The summed E-state index contributed by atoms with van der Waals surface area (Å²) in [5, 5.41) is 0. The summed E-state index contributed by atoms with van der Waals surface area (Å²) < 4.78 is 24.5. The van der Waals surface area contributed by atoms with Gasteiger partial charge in [0.2, 0.25) is 0 Å². The van der Waals surface area contributed by atoms with Crippen LogP contribution in [-0.2, 0) is 18.9 Å². The van der Waals surface area contributed by atoms with Gasteiger partial charge >= 0.3 is 6.16 Å². The van der Waals surface area contributed by atoms with E-state index in [-0.39, 0.29) is 6.10 Å². The highest BCUT2D eigenvalue weighted by atomic mass is 17.0. The number of rotatable bonds is 36. The maximum atomic E-state index is 6.20. The third-order valence-electron chi connectivity index (χ3n) is 9.20. The van der Waals surface area contributed by atoms with E-state index >= 15 is 0 Å². The SMILES string of the molecule is CCCCCCCC/C=C\CCCCCCCCOC1(OCCCCCCCC/C=C\CCCCCCCC)OCC(CN(C)C)O1. The van der Waals surface area contributed by atoms with E-state index in [0.717, 1.165) is 19.4 Å². The van der Waals surface area contributed by atoms with Crippen LogP contribution in [0, 0.1) is 0 Å². The second-order valence-corrected chi connectivity index (χ2v) is 14.4. The number of unbranched alkanes of at least 4 members (excludes halogenated alkanes) is 24. The molecule has 1 unspecified atom stereocenters. The number of allylic oxidation sites excluding steroid dienone is 4. The lowest BCUT2D eigenvalue weighted by molar-refractivity contribution is -0.467. The lowest BCUT2D eigenvalue weighted by atomic mass is 10.1. The van der Waals surface area contributed by atoms with Gasteiger partial charge in [0.15, 0.2) is 0 Å². The Bertz CT molecular complexity index is 650. The molecule has 1 aliphatic heterocycles. The summed E-state index contributed by atoms with van der Waals surface area (Å²) >= 11 is 0. The molecule has 5 nitrogen and oxygen atoms in total. The molecule has 1 atom stereocenters. The summed E-state index contributed by atoms with van der Waals surface area (Å²) in [6, 6.07) is 0. The van der Waals surface area contributed by atoms with Crippen molar-refractivity contribution in [3.05, 3.63) is 24.3 Å². The summed E-state index contributed by atoms with van der Waals surface area (Å²) in [5.41, 5.74) is 0. The van der Waals surface area contributed by atoms with Crippen LogP contribution in [0.1, 0.15) is 194 Å². The van der Waals surface area contributed by atoms with Crippen molar-refractivity contribution >= 4 is 0 Å². The Balaban J connectivity index is 2.07. The first-order valence-corrected chi connectivity index (χ1v) is 20.7. The molecule has 0 N–H and O–H groups in total. The first-order valence-electron chi connectivity index (χ1n) is 20.7. The van der Waals surface area contributed by atoms with Crippen molar-refractivity contribution in [1.29, 1.82) is 0 Å². The normalized spacial score (nSPS) is 16.5. The monoisotopic (exact) mass is 664 g/mol. The van der Waals surface area contributed by atoms with Crippen molar-refractivity contribution in [2.24, 2.45) is 0 Å². The molecule has 278 valence electrons. The largest absolute Gasteiger partial charge is 0.413 e. The van der Waals surface area contributed by atoms with Crippen LogP contribution in [0.4, 0.5) is 0 Å². The Morgan fingerprint density at radius 2 is 0.851 bits per heavy atom. The second kappa shape index (κ2) is 33.8. The van der Waals surface area contributed by atoms with Crippen LogP contribution in [-0.4, -0.2) is 57.6 Å². The molecule has 0 radical (unpaired) electrons. The van der Waals surface area contributed by atoms with Crippen LogP contribution in [0.3, 0.4) is 0 Å². The van der Waals surface area contributed by atoms with E-state index in [1.807, 2.05) is 0 Å². The molecule has 0 aromatic heterocycles. The Morgan fingerprint density at radius 1 is 0.511 bits per heavy atom. The van der Waals surface area contributed by atoms with Crippen LogP contribution in [0.5, 0.6) is 0 Å². The van der Waals surface area contributed by atoms with Gasteiger partial charge in [-0.05, 0) is 78.3 Å². The predicted octanol–water partition coefficient (Wildman–Crippen LogP) is 12.7. The smallest absolute Gasteiger partial charge is 0.307 e. The zero-order chi connectivity index (χ0) is 33.9. The lowest BCUT2D eigenvalue weighted by Crippen LogP contribution is -2.39. The van der Waals surface area contributed by atoms with Crippen molar-refractivity contribution in [2.45, 2.75) is 206 Å². The molecule has 0 saturated carbocycles. The summed E-state index contributed by atoms with van der Waals surface area (Å²) in [5.74, 6) is 0. The summed E-state index contributed by atoms with van der Waals surface area (Å²) in [4.78, 5) is 2.13. The Hall–Kier alpha value is -0.720. The van der Waals surface area contributed by atoms with Crippen molar-refractivity contribution < 1.29 is 18.9 Å². The maximum absolute atomic E-state index is 6.20. The Kier molecular flexibility index (Phi) is 31.8. The third kappa shape index (κ3) is 28.8. The molecule has 47 heavy (non-hydrogen) atoms. The van der Waals surface area contributed by atoms with Crippen LogP contribution in [0.25, 0.3) is 0 Å². The first kappa shape index (κ1) is 44.3. The fraction of sp³-hybridized carbons (Fsp3) is 0.905. The van der Waals surface area contributed by atoms with Gasteiger partial charge in [-0.1, -0.05) is 154 Å². The molecule has 1 heterocycles. The van der Waals surface area contributed by atoms with Crippen LogP contribution < -0.4 is 0 Å². The van der Waals surface area contributed by atoms with Crippen molar-refractivity contribution in [3.8, 4) is 0 Å². The number of ether oxygens (including phenoxy) is 4. The fourth-order valence-corrected chi connectivity index (χ4v) is 6.25. The highest BCUT2D eigenvalue weighted by Gasteiger charge is 2.45. The molecule has 0 aromatic carbocycles. The van der Waals surface area contributed by atoms with Crippen molar-refractivity contribution in [1.82, 2.24) is 4.90 Å². The third-order valence-corrected chi connectivity index (χ3v) is 9.20. The second-order valence-electron chi connectivity index (χ2n) is 14.4. The van der Waals surface area contributed by atoms with Gasteiger partial charge < -0.3 is 19.1 Å². The summed E-state index contributed by atoms with van der Waals surface area (Å²) in [6.07, 6.45) is 44.7. The molecule has 0 amide bonds. The minimum Gasteiger partial charge on any atom is -0.307 e. The molecule has 0 spiro atoms. The molecule has 0 aromatic rings. The number of nitrogens with zero attached hydrogens (tertiary/aromatic N) is 1. The maximum Gasteiger partial charge on any atom is 0.413 e. The number of hydrogen-bond donors (Lipinski definition) is 0. The molecule has 0 bridgehead atoms. The van der Waals surface area contributed by atoms with Gasteiger partial charge in [0.25, 0.3) is 0 Å². The molecule has 1 aliphatic rings. The van der Waals surface area contributed by atoms with Crippen molar-refractivity contribution in [2.75, 3.05) is 40.5 Å². The molecule has 5 heteroatoms. The van der Waals surface area contributed by atoms with Gasteiger partial charge in [0.05, 0.1) is 19.8 Å². The Morgan fingerprint density at radius 3 is 1.21 bits per heavy atom. The summed E-state index contributed by atoms with van der Waals surface area (Å²) in [6.45, 7) is 7.11.